The normalized spacial score (nSPS) is 15.5. The first-order valence-electron chi connectivity index (χ1n) is 11.7. The summed E-state index contributed by atoms with van der Waals surface area (Å²) in [7, 11) is 0. The molecule has 1 aliphatic rings. The van der Waals surface area contributed by atoms with E-state index in [1.165, 1.54) is 6.07 Å². The predicted molar refractivity (Wildman–Crippen MR) is 128 cm³/mol. The number of fused-ring (bicyclic) bond motifs is 1. The summed E-state index contributed by atoms with van der Waals surface area (Å²) < 4.78 is 45.4. The summed E-state index contributed by atoms with van der Waals surface area (Å²) in [6.07, 6.45) is -0.881. The van der Waals surface area contributed by atoms with Crippen molar-refractivity contribution >= 4 is 16.7 Å². The van der Waals surface area contributed by atoms with Gasteiger partial charge in [0.05, 0.1) is 11.2 Å². The average Bonchev–Trinajstić information content (AvgIpc) is 3.27. The molecule has 0 radical (unpaired) electrons. The molecule has 1 saturated heterocycles. The van der Waals surface area contributed by atoms with Crippen LogP contribution < -0.4 is 5.32 Å². The van der Waals surface area contributed by atoms with Crippen molar-refractivity contribution in [3.05, 3.63) is 71.9 Å². The van der Waals surface area contributed by atoms with E-state index in [0.29, 0.717) is 34.7 Å². The lowest BCUT2D eigenvalue weighted by atomic mass is 9.96. The quantitative estimate of drug-likeness (QED) is 0.368. The van der Waals surface area contributed by atoms with Crippen LogP contribution in [-0.4, -0.2) is 39.7 Å². The van der Waals surface area contributed by atoms with Crippen LogP contribution in [0.2, 0.25) is 0 Å². The predicted octanol–water partition coefficient (Wildman–Crippen LogP) is 5.94. The Morgan fingerprint density at radius 3 is 2.54 bits per heavy atom. The molecule has 5 rings (SSSR count). The summed E-state index contributed by atoms with van der Waals surface area (Å²) in [5.41, 5.74) is 1.68. The highest BCUT2D eigenvalue weighted by molar-refractivity contribution is 5.99. The van der Waals surface area contributed by atoms with Gasteiger partial charge in [0, 0.05) is 36.3 Å². The maximum atomic E-state index is 13.4. The van der Waals surface area contributed by atoms with Gasteiger partial charge >= 0.3 is 6.18 Å². The number of rotatable bonds is 6. The molecule has 3 aromatic heterocycles. The number of hydrogen-bond donors (Lipinski definition) is 1. The third kappa shape index (κ3) is 5.30. The molecule has 0 unspecified atom stereocenters. The van der Waals surface area contributed by atoms with Crippen LogP contribution in [0.3, 0.4) is 0 Å². The maximum Gasteiger partial charge on any atom is 0.433 e. The van der Waals surface area contributed by atoms with Gasteiger partial charge in [-0.3, -0.25) is 4.90 Å². The molecule has 1 N–H and O–H groups in total. The zero-order valence-electron chi connectivity index (χ0n) is 19.3. The molecule has 9 heteroatoms. The van der Waals surface area contributed by atoms with E-state index >= 15 is 0 Å². The molecule has 1 aromatic carbocycles. The molecule has 0 saturated carbocycles. The van der Waals surface area contributed by atoms with Crippen molar-refractivity contribution in [2.45, 2.75) is 32.5 Å². The molecule has 35 heavy (non-hydrogen) atoms. The van der Waals surface area contributed by atoms with Crippen LogP contribution in [0.1, 0.15) is 30.0 Å². The number of piperidine rings is 1. The molecule has 6 nitrogen and oxygen atoms in total. The van der Waals surface area contributed by atoms with Gasteiger partial charge in [-0.25, -0.2) is 9.97 Å². The van der Waals surface area contributed by atoms with E-state index < -0.39 is 11.9 Å². The third-order valence-corrected chi connectivity index (χ3v) is 6.43. The van der Waals surface area contributed by atoms with Gasteiger partial charge < -0.3 is 9.84 Å². The number of halogens is 3. The van der Waals surface area contributed by atoms with Gasteiger partial charge in [-0.05, 0) is 56.5 Å². The number of alkyl halides is 3. The highest BCUT2D eigenvalue weighted by Gasteiger charge is 2.33. The van der Waals surface area contributed by atoms with E-state index in [1.807, 2.05) is 43.3 Å². The second-order valence-corrected chi connectivity index (χ2v) is 9.01. The lowest BCUT2D eigenvalue weighted by molar-refractivity contribution is -0.140. The minimum atomic E-state index is -4.52. The average molecular weight is 482 g/mol. The molecule has 0 bridgehead atoms. The van der Waals surface area contributed by atoms with Gasteiger partial charge in [-0.1, -0.05) is 35.5 Å². The van der Waals surface area contributed by atoms with Gasteiger partial charge in [-0.2, -0.15) is 13.2 Å². The third-order valence-electron chi connectivity index (χ3n) is 6.43. The minimum absolute atomic E-state index is 0.293. The minimum Gasteiger partial charge on any atom is -0.369 e. The second-order valence-electron chi connectivity index (χ2n) is 9.01. The van der Waals surface area contributed by atoms with Crippen molar-refractivity contribution in [1.29, 1.82) is 0 Å². The standard InChI is InChI=1S/C26H26F3N5O/c1-17-13-20(33-35-17)16-34-11-9-18(10-12-34)14-30-25-21-7-8-23(26(27,28)29)32-24(21)22(15-31-25)19-5-3-2-4-6-19/h2-8,13,15,18H,9-12,14,16H2,1H3,(H,30,31). The highest BCUT2D eigenvalue weighted by atomic mass is 19.4. The zero-order chi connectivity index (χ0) is 24.4. The fourth-order valence-electron chi connectivity index (χ4n) is 4.55. The Labute approximate surface area is 201 Å². The van der Waals surface area contributed by atoms with Gasteiger partial charge in [0.25, 0.3) is 0 Å². The molecule has 1 fully saturated rings. The molecule has 0 spiro atoms. The summed E-state index contributed by atoms with van der Waals surface area (Å²) in [6, 6.07) is 13.7. The number of aromatic nitrogens is 3. The first-order valence-corrected chi connectivity index (χ1v) is 11.7. The first-order chi connectivity index (χ1) is 16.9. The van der Waals surface area contributed by atoms with Crippen LogP contribution in [0.5, 0.6) is 0 Å². The Bertz CT molecular complexity index is 1300. The molecule has 0 aliphatic carbocycles. The molecule has 4 aromatic rings. The number of nitrogens with one attached hydrogen (secondary N) is 1. The van der Waals surface area contributed by atoms with Gasteiger partial charge in [0.15, 0.2) is 0 Å². The molecular weight excluding hydrogens is 455 g/mol. The van der Waals surface area contributed by atoms with E-state index in [1.54, 1.807) is 6.20 Å². The van der Waals surface area contributed by atoms with Crippen molar-refractivity contribution in [3.63, 3.8) is 0 Å². The Balaban J connectivity index is 1.31. The number of nitrogens with zero attached hydrogens (tertiary/aromatic N) is 4. The fourth-order valence-corrected chi connectivity index (χ4v) is 4.55. The number of aryl methyl sites for hydroxylation is 1. The molecular formula is C26H26F3N5O. The molecule has 1 aliphatic heterocycles. The SMILES string of the molecule is Cc1cc(CN2CCC(CNc3ncc(-c4ccccc4)c4nc(C(F)(F)F)ccc34)CC2)no1. The number of likely N-dealkylation sites (tertiary alicyclic amines) is 1. The number of pyridine rings is 2. The van der Waals surface area contributed by atoms with Crippen LogP contribution in [0, 0.1) is 12.8 Å². The summed E-state index contributed by atoms with van der Waals surface area (Å²) in [6.45, 7) is 5.27. The molecule has 4 heterocycles. The number of anilines is 1. The summed E-state index contributed by atoms with van der Waals surface area (Å²) in [5.74, 6) is 1.81. The highest BCUT2D eigenvalue weighted by Crippen LogP contribution is 2.35. The van der Waals surface area contributed by atoms with Crippen LogP contribution in [0.15, 0.2) is 59.3 Å². The van der Waals surface area contributed by atoms with Crippen LogP contribution in [0.25, 0.3) is 22.0 Å². The monoisotopic (exact) mass is 481 g/mol. The fraction of sp³-hybridized carbons (Fsp3) is 0.346. The van der Waals surface area contributed by atoms with E-state index in [0.717, 1.165) is 55.6 Å². The van der Waals surface area contributed by atoms with Gasteiger partial charge in [0.1, 0.15) is 17.3 Å². The van der Waals surface area contributed by atoms with Crippen molar-refractivity contribution in [1.82, 2.24) is 20.0 Å². The van der Waals surface area contributed by atoms with Crippen molar-refractivity contribution in [2.24, 2.45) is 5.92 Å². The molecule has 0 atom stereocenters. The van der Waals surface area contributed by atoms with E-state index in [2.05, 4.69) is 25.3 Å². The van der Waals surface area contributed by atoms with E-state index in [4.69, 9.17) is 4.52 Å². The lowest BCUT2D eigenvalue weighted by Crippen LogP contribution is -2.35. The summed E-state index contributed by atoms with van der Waals surface area (Å²) in [4.78, 5) is 10.9. The summed E-state index contributed by atoms with van der Waals surface area (Å²) >= 11 is 0. The van der Waals surface area contributed by atoms with Crippen LogP contribution in [0.4, 0.5) is 19.0 Å². The number of benzene rings is 1. The van der Waals surface area contributed by atoms with Crippen LogP contribution >= 0.6 is 0 Å². The maximum absolute atomic E-state index is 13.4. The smallest absolute Gasteiger partial charge is 0.369 e. The van der Waals surface area contributed by atoms with Crippen molar-refractivity contribution in [3.8, 4) is 11.1 Å². The Hall–Kier alpha value is -3.46. The molecule has 0 amide bonds. The lowest BCUT2D eigenvalue weighted by Gasteiger charge is -2.31. The largest absolute Gasteiger partial charge is 0.433 e. The Morgan fingerprint density at radius 1 is 1.09 bits per heavy atom. The molecule has 182 valence electrons. The number of hydrogen-bond acceptors (Lipinski definition) is 6. The van der Waals surface area contributed by atoms with Gasteiger partial charge in [-0.15, -0.1) is 0 Å². The first kappa shape index (κ1) is 23.3. The zero-order valence-corrected chi connectivity index (χ0v) is 19.3. The topological polar surface area (TPSA) is 67.1 Å². The Morgan fingerprint density at radius 2 is 1.86 bits per heavy atom. The van der Waals surface area contributed by atoms with Crippen molar-refractivity contribution in [2.75, 3.05) is 25.0 Å². The van der Waals surface area contributed by atoms with Gasteiger partial charge in [0.2, 0.25) is 0 Å². The Kier molecular flexibility index (Phi) is 6.42. The van der Waals surface area contributed by atoms with Crippen molar-refractivity contribution < 1.29 is 17.7 Å². The van der Waals surface area contributed by atoms with E-state index in [-0.39, 0.29) is 0 Å². The van der Waals surface area contributed by atoms with E-state index in [9.17, 15) is 13.2 Å². The van der Waals surface area contributed by atoms with Crippen LogP contribution in [-0.2, 0) is 12.7 Å². The second kappa shape index (κ2) is 9.65. The summed E-state index contributed by atoms with van der Waals surface area (Å²) in [5, 5.41) is 8.04.